The summed E-state index contributed by atoms with van der Waals surface area (Å²) in [5, 5.41) is 2.91. The lowest BCUT2D eigenvalue weighted by Gasteiger charge is -2.05. The maximum atomic E-state index is 11.9. The second-order valence-corrected chi connectivity index (χ2v) is 5.01. The minimum atomic E-state index is -0.0288. The third kappa shape index (κ3) is 3.09. The maximum absolute atomic E-state index is 11.9. The van der Waals surface area contributed by atoms with E-state index in [4.69, 9.17) is 0 Å². The Kier molecular flexibility index (Phi) is 3.83. The number of carbonyl (C=O) groups is 1. The van der Waals surface area contributed by atoms with Crippen molar-refractivity contribution in [3.05, 3.63) is 57.4 Å². The van der Waals surface area contributed by atoms with Crippen LogP contribution in [0.2, 0.25) is 0 Å². The zero-order valence-electron chi connectivity index (χ0n) is 9.48. The molecule has 0 saturated carbocycles. The van der Waals surface area contributed by atoms with Crippen molar-refractivity contribution >= 4 is 28.5 Å². The van der Waals surface area contributed by atoms with Crippen LogP contribution in [0, 0.1) is 3.57 Å². The van der Waals surface area contributed by atoms with Crippen molar-refractivity contribution in [1.82, 2.24) is 9.88 Å². The number of nitrogens with zero attached hydrogens (tertiary/aromatic N) is 1. The SMILES string of the molecule is Cn1ccc(CNC(=O)c2ccccc2I)c1. The first kappa shape index (κ1) is 12.2. The van der Waals surface area contributed by atoms with Crippen LogP contribution >= 0.6 is 22.6 Å². The summed E-state index contributed by atoms with van der Waals surface area (Å²) in [6, 6.07) is 9.56. The molecule has 0 spiro atoms. The molecule has 1 N–H and O–H groups in total. The fraction of sp³-hybridized carbons (Fsp3) is 0.154. The van der Waals surface area contributed by atoms with E-state index >= 15 is 0 Å². The summed E-state index contributed by atoms with van der Waals surface area (Å²) >= 11 is 2.17. The molecule has 1 aromatic carbocycles. The third-order valence-electron chi connectivity index (χ3n) is 2.46. The lowest BCUT2D eigenvalue weighted by atomic mass is 10.2. The van der Waals surface area contributed by atoms with Gasteiger partial charge in [0.2, 0.25) is 0 Å². The molecule has 0 unspecified atom stereocenters. The van der Waals surface area contributed by atoms with Gasteiger partial charge in [-0.1, -0.05) is 12.1 Å². The van der Waals surface area contributed by atoms with E-state index in [-0.39, 0.29) is 5.91 Å². The number of benzene rings is 1. The molecule has 1 heterocycles. The first-order chi connectivity index (χ1) is 8.16. The van der Waals surface area contributed by atoms with Crippen LogP contribution in [0.1, 0.15) is 15.9 Å². The summed E-state index contributed by atoms with van der Waals surface area (Å²) in [7, 11) is 1.96. The predicted octanol–water partition coefficient (Wildman–Crippen LogP) is 2.56. The van der Waals surface area contributed by atoms with Crippen molar-refractivity contribution in [2.75, 3.05) is 0 Å². The van der Waals surface area contributed by atoms with Gasteiger partial charge in [0.25, 0.3) is 5.91 Å². The van der Waals surface area contributed by atoms with Crippen LogP contribution in [0.4, 0.5) is 0 Å². The monoisotopic (exact) mass is 340 g/mol. The van der Waals surface area contributed by atoms with Crippen molar-refractivity contribution in [1.29, 1.82) is 0 Å². The van der Waals surface area contributed by atoms with Gasteiger partial charge >= 0.3 is 0 Å². The van der Waals surface area contributed by atoms with Gasteiger partial charge in [-0.05, 0) is 46.4 Å². The Morgan fingerprint density at radius 1 is 1.35 bits per heavy atom. The van der Waals surface area contributed by atoms with E-state index < -0.39 is 0 Å². The van der Waals surface area contributed by atoms with E-state index in [9.17, 15) is 4.79 Å². The van der Waals surface area contributed by atoms with E-state index in [1.807, 2.05) is 54.3 Å². The summed E-state index contributed by atoms with van der Waals surface area (Å²) in [6.45, 7) is 0.560. The van der Waals surface area contributed by atoms with E-state index in [2.05, 4.69) is 27.9 Å². The molecule has 0 radical (unpaired) electrons. The fourth-order valence-corrected chi connectivity index (χ4v) is 2.22. The van der Waals surface area contributed by atoms with Crippen LogP contribution in [-0.4, -0.2) is 10.5 Å². The molecule has 0 aliphatic heterocycles. The Morgan fingerprint density at radius 3 is 2.76 bits per heavy atom. The number of aryl methyl sites for hydroxylation is 1. The van der Waals surface area contributed by atoms with E-state index in [1.54, 1.807) is 0 Å². The average molecular weight is 340 g/mol. The molecule has 88 valence electrons. The minimum Gasteiger partial charge on any atom is -0.357 e. The summed E-state index contributed by atoms with van der Waals surface area (Å²) in [5.41, 5.74) is 1.83. The quantitative estimate of drug-likeness (QED) is 0.857. The Morgan fingerprint density at radius 2 is 2.12 bits per heavy atom. The van der Waals surface area contributed by atoms with Gasteiger partial charge in [0.15, 0.2) is 0 Å². The fourth-order valence-electron chi connectivity index (χ4n) is 1.59. The number of hydrogen-bond acceptors (Lipinski definition) is 1. The lowest BCUT2D eigenvalue weighted by molar-refractivity contribution is 0.0950. The molecule has 0 fully saturated rings. The molecule has 0 aliphatic rings. The normalized spacial score (nSPS) is 10.2. The van der Waals surface area contributed by atoms with Crippen molar-refractivity contribution < 1.29 is 4.79 Å². The van der Waals surface area contributed by atoms with Crippen molar-refractivity contribution in [2.24, 2.45) is 7.05 Å². The zero-order valence-corrected chi connectivity index (χ0v) is 11.6. The van der Waals surface area contributed by atoms with Gasteiger partial charge < -0.3 is 9.88 Å². The molecule has 0 aliphatic carbocycles. The van der Waals surface area contributed by atoms with Gasteiger partial charge in [-0.15, -0.1) is 0 Å². The Bertz CT molecular complexity index is 534. The molecule has 2 aromatic rings. The highest BCUT2D eigenvalue weighted by Gasteiger charge is 2.08. The molecule has 3 nitrogen and oxygen atoms in total. The average Bonchev–Trinajstić information content (AvgIpc) is 2.73. The van der Waals surface area contributed by atoms with Gasteiger partial charge in [-0.25, -0.2) is 0 Å². The molecule has 1 aromatic heterocycles. The standard InChI is InChI=1S/C13H13IN2O/c1-16-7-6-10(9-16)8-15-13(17)11-4-2-3-5-12(11)14/h2-7,9H,8H2,1H3,(H,15,17). The van der Waals surface area contributed by atoms with Gasteiger partial charge in [0.1, 0.15) is 0 Å². The number of nitrogens with one attached hydrogen (secondary N) is 1. The van der Waals surface area contributed by atoms with E-state index in [0.717, 1.165) is 14.7 Å². The largest absolute Gasteiger partial charge is 0.357 e. The third-order valence-corrected chi connectivity index (χ3v) is 3.41. The summed E-state index contributed by atoms with van der Waals surface area (Å²) in [5.74, 6) is -0.0288. The highest BCUT2D eigenvalue weighted by atomic mass is 127. The van der Waals surface area contributed by atoms with Crippen LogP contribution < -0.4 is 5.32 Å². The number of amides is 1. The van der Waals surface area contributed by atoms with Crippen LogP contribution in [0.25, 0.3) is 0 Å². The molecule has 0 atom stereocenters. The lowest BCUT2D eigenvalue weighted by Crippen LogP contribution is -2.23. The smallest absolute Gasteiger partial charge is 0.252 e. The predicted molar refractivity (Wildman–Crippen MR) is 75.7 cm³/mol. The highest BCUT2D eigenvalue weighted by molar-refractivity contribution is 14.1. The number of halogens is 1. The number of hydrogen-bond donors (Lipinski definition) is 1. The van der Waals surface area contributed by atoms with E-state index in [1.165, 1.54) is 0 Å². The van der Waals surface area contributed by atoms with Gasteiger partial charge in [0, 0.05) is 29.6 Å². The van der Waals surface area contributed by atoms with E-state index in [0.29, 0.717) is 6.54 Å². The van der Waals surface area contributed by atoms with Crippen LogP contribution in [0.15, 0.2) is 42.7 Å². The first-order valence-electron chi connectivity index (χ1n) is 5.30. The number of rotatable bonds is 3. The highest BCUT2D eigenvalue weighted by Crippen LogP contribution is 2.11. The summed E-state index contributed by atoms with van der Waals surface area (Å²) in [6.07, 6.45) is 3.96. The zero-order chi connectivity index (χ0) is 12.3. The summed E-state index contributed by atoms with van der Waals surface area (Å²) in [4.78, 5) is 11.9. The minimum absolute atomic E-state index is 0.0288. The molecule has 0 bridgehead atoms. The Balaban J connectivity index is 2.01. The molecular formula is C13H13IN2O. The maximum Gasteiger partial charge on any atom is 0.252 e. The number of carbonyl (C=O) groups excluding carboxylic acids is 1. The molecule has 1 amide bonds. The molecule has 0 saturated heterocycles. The second kappa shape index (κ2) is 5.35. The molecular weight excluding hydrogens is 327 g/mol. The van der Waals surface area contributed by atoms with Crippen LogP contribution in [0.3, 0.4) is 0 Å². The van der Waals surface area contributed by atoms with Gasteiger partial charge in [-0.3, -0.25) is 4.79 Å². The van der Waals surface area contributed by atoms with Crippen LogP contribution in [-0.2, 0) is 13.6 Å². The Hall–Kier alpha value is -1.30. The first-order valence-corrected chi connectivity index (χ1v) is 6.38. The van der Waals surface area contributed by atoms with Crippen molar-refractivity contribution in [3.63, 3.8) is 0 Å². The van der Waals surface area contributed by atoms with Gasteiger partial charge in [-0.2, -0.15) is 0 Å². The molecule has 2 rings (SSSR count). The van der Waals surface area contributed by atoms with Crippen LogP contribution in [0.5, 0.6) is 0 Å². The molecule has 4 heteroatoms. The number of aromatic nitrogens is 1. The second-order valence-electron chi connectivity index (χ2n) is 3.85. The van der Waals surface area contributed by atoms with Crippen molar-refractivity contribution in [3.8, 4) is 0 Å². The van der Waals surface area contributed by atoms with Crippen molar-refractivity contribution in [2.45, 2.75) is 6.54 Å². The molecule has 17 heavy (non-hydrogen) atoms. The Labute approximate surface area is 114 Å². The van der Waals surface area contributed by atoms with Gasteiger partial charge in [0.05, 0.1) is 5.56 Å². The summed E-state index contributed by atoms with van der Waals surface area (Å²) < 4.78 is 2.93. The topological polar surface area (TPSA) is 34.0 Å².